The van der Waals surface area contributed by atoms with Crippen molar-refractivity contribution in [2.75, 3.05) is 39.9 Å². The van der Waals surface area contributed by atoms with Gasteiger partial charge in [0.05, 0.1) is 0 Å². The van der Waals surface area contributed by atoms with Gasteiger partial charge in [0.2, 0.25) is 0 Å². The van der Waals surface area contributed by atoms with E-state index in [-0.39, 0.29) is 0 Å². The second-order valence-corrected chi connectivity index (χ2v) is 4.87. The van der Waals surface area contributed by atoms with Crippen LogP contribution in [0.1, 0.15) is 39.5 Å². The van der Waals surface area contributed by atoms with Gasteiger partial charge in [0.1, 0.15) is 6.29 Å². The Balaban J connectivity index is 0.000000303. The fraction of sp³-hybridized carbons (Fsp3) is 0.933. The van der Waals surface area contributed by atoms with Crippen LogP contribution < -0.4 is 10.6 Å². The molecule has 0 radical (unpaired) electrons. The van der Waals surface area contributed by atoms with Crippen LogP contribution in [-0.2, 0) is 9.53 Å². The van der Waals surface area contributed by atoms with Crippen LogP contribution in [0.5, 0.6) is 0 Å². The molecule has 2 heterocycles. The van der Waals surface area contributed by atoms with E-state index in [1.807, 2.05) is 13.8 Å². The molecule has 0 aliphatic carbocycles. The average molecular weight is 272 g/mol. The standard InChI is InChI=1S/C7H15NO.C6H11NO.C2H6/c1-9-6-7-2-4-8-5-3-7;8-5-6-1-3-7-4-2-6;1-2/h7-8H,2-6H2,1H3;5-7H,1-4H2;1-2H3. The number of aldehydes is 1. The third-order valence-corrected chi connectivity index (χ3v) is 3.44. The highest BCUT2D eigenvalue weighted by Gasteiger charge is 2.11. The minimum atomic E-state index is 0.344. The van der Waals surface area contributed by atoms with Gasteiger partial charge in [0.15, 0.2) is 0 Å². The van der Waals surface area contributed by atoms with Gasteiger partial charge >= 0.3 is 0 Å². The third kappa shape index (κ3) is 10.0. The second-order valence-electron chi connectivity index (χ2n) is 4.87. The first-order valence-electron chi connectivity index (χ1n) is 7.72. The Kier molecular flexibility index (Phi) is 13.6. The molecule has 19 heavy (non-hydrogen) atoms. The summed E-state index contributed by atoms with van der Waals surface area (Å²) in [6.07, 6.45) is 5.70. The van der Waals surface area contributed by atoms with E-state index >= 15 is 0 Å². The largest absolute Gasteiger partial charge is 0.384 e. The highest BCUT2D eigenvalue weighted by atomic mass is 16.5. The molecule has 2 fully saturated rings. The molecule has 4 heteroatoms. The van der Waals surface area contributed by atoms with Crippen LogP contribution in [0.3, 0.4) is 0 Å². The molecule has 0 unspecified atom stereocenters. The summed E-state index contributed by atoms with van der Waals surface area (Å²) in [5, 5.41) is 6.51. The van der Waals surface area contributed by atoms with E-state index in [0.29, 0.717) is 5.92 Å². The van der Waals surface area contributed by atoms with Gasteiger partial charge in [-0.2, -0.15) is 0 Å². The van der Waals surface area contributed by atoms with Gasteiger partial charge in [-0.05, 0) is 57.8 Å². The molecule has 0 saturated carbocycles. The van der Waals surface area contributed by atoms with Crippen molar-refractivity contribution in [2.24, 2.45) is 11.8 Å². The molecule has 0 amide bonds. The number of hydrogen-bond acceptors (Lipinski definition) is 4. The summed E-state index contributed by atoms with van der Waals surface area (Å²) in [7, 11) is 1.78. The van der Waals surface area contributed by atoms with Crippen LogP contribution in [0, 0.1) is 11.8 Å². The minimum Gasteiger partial charge on any atom is -0.384 e. The summed E-state index contributed by atoms with van der Waals surface area (Å²) in [5.41, 5.74) is 0. The van der Waals surface area contributed by atoms with Gasteiger partial charge in [-0.3, -0.25) is 0 Å². The van der Waals surface area contributed by atoms with Crippen molar-refractivity contribution in [3.8, 4) is 0 Å². The predicted molar refractivity (Wildman–Crippen MR) is 80.5 cm³/mol. The number of hydrogen-bond donors (Lipinski definition) is 2. The van der Waals surface area contributed by atoms with Crippen LogP contribution in [0.4, 0.5) is 0 Å². The molecule has 2 aliphatic heterocycles. The van der Waals surface area contributed by atoms with Crippen molar-refractivity contribution in [1.82, 2.24) is 10.6 Å². The van der Waals surface area contributed by atoms with E-state index < -0.39 is 0 Å². The molecule has 2 saturated heterocycles. The van der Waals surface area contributed by atoms with Gasteiger partial charge in [-0.1, -0.05) is 13.8 Å². The molecule has 0 aromatic heterocycles. The molecule has 0 atom stereocenters. The zero-order valence-electron chi connectivity index (χ0n) is 12.9. The zero-order chi connectivity index (χ0) is 14.3. The summed E-state index contributed by atoms with van der Waals surface area (Å²) in [6.45, 7) is 9.33. The van der Waals surface area contributed by atoms with E-state index in [9.17, 15) is 4.79 Å². The molecule has 0 spiro atoms. The van der Waals surface area contributed by atoms with Crippen LogP contribution in [0.25, 0.3) is 0 Å². The lowest BCUT2D eigenvalue weighted by molar-refractivity contribution is -0.111. The number of methoxy groups -OCH3 is 1. The molecule has 2 aliphatic rings. The van der Waals surface area contributed by atoms with E-state index in [2.05, 4.69) is 10.6 Å². The molecule has 0 aromatic carbocycles. The Bertz CT molecular complexity index is 186. The summed E-state index contributed by atoms with van der Waals surface area (Å²) in [6, 6.07) is 0. The molecular weight excluding hydrogens is 240 g/mol. The topological polar surface area (TPSA) is 50.4 Å². The summed E-state index contributed by atoms with van der Waals surface area (Å²) in [4.78, 5) is 10.1. The van der Waals surface area contributed by atoms with Crippen LogP contribution >= 0.6 is 0 Å². The van der Waals surface area contributed by atoms with Crippen molar-refractivity contribution < 1.29 is 9.53 Å². The maximum absolute atomic E-state index is 10.1. The van der Waals surface area contributed by atoms with Crippen molar-refractivity contribution in [3.05, 3.63) is 0 Å². The Labute approximate surface area is 118 Å². The summed E-state index contributed by atoms with van der Waals surface area (Å²) < 4.78 is 5.05. The number of ether oxygens (including phenoxy) is 1. The number of carbonyl (C=O) groups is 1. The first-order chi connectivity index (χ1) is 9.36. The highest BCUT2D eigenvalue weighted by molar-refractivity contribution is 5.53. The van der Waals surface area contributed by atoms with Crippen LogP contribution in [-0.4, -0.2) is 46.2 Å². The molecule has 2 N–H and O–H groups in total. The lowest BCUT2D eigenvalue weighted by atomic mass is 10.00. The molecule has 114 valence electrons. The molecule has 0 aromatic rings. The van der Waals surface area contributed by atoms with Crippen molar-refractivity contribution in [1.29, 1.82) is 0 Å². The van der Waals surface area contributed by atoms with E-state index in [1.54, 1.807) is 7.11 Å². The molecule has 4 nitrogen and oxygen atoms in total. The maximum atomic E-state index is 10.1. The quantitative estimate of drug-likeness (QED) is 0.770. The fourth-order valence-corrected chi connectivity index (χ4v) is 2.26. The molecular formula is C15H32N2O2. The number of nitrogens with one attached hydrogen (secondary N) is 2. The van der Waals surface area contributed by atoms with Crippen LogP contribution in [0.15, 0.2) is 0 Å². The Morgan fingerprint density at radius 3 is 1.84 bits per heavy atom. The van der Waals surface area contributed by atoms with Gasteiger partial charge < -0.3 is 20.2 Å². The first-order valence-corrected chi connectivity index (χ1v) is 7.72. The van der Waals surface area contributed by atoms with Crippen molar-refractivity contribution >= 4 is 6.29 Å². The monoisotopic (exact) mass is 272 g/mol. The summed E-state index contributed by atoms with van der Waals surface area (Å²) >= 11 is 0. The second kappa shape index (κ2) is 14.0. The lowest BCUT2D eigenvalue weighted by Gasteiger charge is -2.21. The van der Waals surface area contributed by atoms with Crippen molar-refractivity contribution in [3.63, 3.8) is 0 Å². The minimum absolute atomic E-state index is 0.344. The van der Waals surface area contributed by atoms with E-state index in [1.165, 1.54) is 25.9 Å². The van der Waals surface area contributed by atoms with Gasteiger partial charge in [-0.25, -0.2) is 0 Å². The van der Waals surface area contributed by atoms with Gasteiger partial charge in [-0.15, -0.1) is 0 Å². The number of rotatable bonds is 3. The first kappa shape index (κ1) is 18.6. The van der Waals surface area contributed by atoms with Gasteiger partial charge in [0, 0.05) is 19.6 Å². The Morgan fingerprint density at radius 1 is 1.00 bits per heavy atom. The molecule has 0 bridgehead atoms. The predicted octanol–water partition coefficient (Wildman–Crippen LogP) is 1.84. The summed E-state index contributed by atoms with van der Waals surface area (Å²) in [5.74, 6) is 1.16. The Hall–Kier alpha value is -0.450. The lowest BCUT2D eigenvalue weighted by Crippen LogP contribution is -2.29. The zero-order valence-corrected chi connectivity index (χ0v) is 12.9. The van der Waals surface area contributed by atoms with E-state index in [0.717, 1.165) is 44.7 Å². The fourth-order valence-electron chi connectivity index (χ4n) is 2.26. The average Bonchev–Trinajstić information content (AvgIpc) is 2.52. The number of carbonyl (C=O) groups excluding carboxylic acids is 1. The SMILES string of the molecule is CC.COCC1CCNCC1.O=CC1CCNCC1. The molecule has 2 rings (SSSR count). The van der Waals surface area contributed by atoms with E-state index in [4.69, 9.17) is 4.74 Å². The highest BCUT2D eigenvalue weighted by Crippen LogP contribution is 2.10. The van der Waals surface area contributed by atoms with Gasteiger partial charge in [0.25, 0.3) is 0 Å². The van der Waals surface area contributed by atoms with Crippen molar-refractivity contribution in [2.45, 2.75) is 39.5 Å². The maximum Gasteiger partial charge on any atom is 0.123 e. The van der Waals surface area contributed by atoms with Crippen LogP contribution in [0.2, 0.25) is 0 Å². The Morgan fingerprint density at radius 2 is 1.47 bits per heavy atom. The normalized spacial score (nSPS) is 20.6. The number of piperidine rings is 2. The third-order valence-electron chi connectivity index (χ3n) is 3.44. The smallest absolute Gasteiger partial charge is 0.123 e.